The summed E-state index contributed by atoms with van der Waals surface area (Å²) in [5, 5.41) is 2.89. The number of halogens is 3. The van der Waals surface area contributed by atoms with Gasteiger partial charge in [0.05, 0.1) is 12.1 Å². The number of primary amides is 1. The minimum Gasteiger partial charge on any atom is -0.369 e. The van der Waals surface area contributed by atoms with E-state index in [4.69, 9.17) is 5.73 Å². The number of carbonyl (C=O) groups excluding carboxylic acids is 2. The van der Waals surface area contributed by atoms with E-state index in [-0.39, 0.29) is 24.4 Å². The summed E-state index contributed by atoms with van der Waals surface area (Å²) in [5.41, 5.74) is 5.59. The van der Waals surface area contributed by atoms with E-state index in [1.54, 1.807) is 6.92 Å². The first-order valence-electron chi connectivity index (χ1n) is 8.32. The lowest BCUT2D eigenvalue weighted by molar-refractivity contribution is -0.137. The van der Waals surface area contributed by atoms with Gasteiger partial charge in [-0.05, 0) is 43.0 Å². The first-order valence-corrected chi connectivity index (χ1v) is 8.32. The molecule has 5 nitrogen and oxygen atoms in total. The van der Waals surface area contributed by atoms with Crippen molar-refractivity contribution in [3.63, 3.8) is 0 Å². The molecule has 142 valence electrons. The van der Waals surface area contributed by atoms with Gasteiger partial charge < -0.3 is 11.1 Å². The van der Waals surface area contributed by atoms with Crippen molar-refractivity contribution >= 4 is 17.4 Å². The van der Waals surface area contributed by atoms with Gasteiger partial charge >= 0.3 is 6.18 Å². The van der Waals surface area contributed by atoms with E-state index < -0.39 is 11.7 Å². The zero-order valence-corrected chi connectivity index (χ0v) is 14.5. The summed E-state index contributed by atoms with van der Waals surface area (Å²) < 4.78 is 37.7. The van der Waals surface area contributed by atoms with Crippen molar-refractivity contribution in [3.8, 4) is 0 Å². The van der Waals surface area contributed by atoms with Crippen LogP contribution in [0, 0.1) is 0 Å². The molecule has 0 aromatic heterocycles. The molecule has 0 unspecified atom stereocenters. The fourth-order valence-corrected chi connectivity index (χ4v) is 2.90. The Morgan fingerprint density at radius 1 is 1.23 bits per heavy atom. The number of hydrogen-bond acceptors (Lipinski definition) is 3. The van der Waals surface area contributed by atoms with E-state index in [2.05, 4.69) is 5.32 Å². The standard InChI is InChI=1S/C18H22F3N3O2/c1-12(13-2-4-14(5-3-13)18(19,20)21)10-17(26)23-15-6-8-24(9-7-15)11-16(22)25/h2-5,10,15H,6-9,11H2,1H3,(H2,22,25)(H,23,26)/b12-10+. The number of nitrogens with zero attached hydrogens (tertiary/aromatic N) is 1. The molecule has 0 atom stereocenters. The molecule has 1 saturated heterocycles. The van der Waals surface area contributed by atoms with Gasteiger partial charge in [-0.25, -0.2) is 0 Å². The molecule has 3 N–H and O–H groups in total. The van der Waals surface area contributed by atoms with E-state index in [0.29, 0.717) is 37.1 Å². The average molecular weight is 369 g/mol. The lowest BCUT2D eigenvalue weighted by atomic mass is 10.0. The zero-order chi connectivity index (χ0) is 19.3. The highest BCUT2D eigenvalue weighted by Crippen LogP contribution is 2.30. The number of piperidine rings is 1. The molecule has 1 aromatic rings. The van der Waals surface area contributed by atoms with Gasteiger partial charge in [-0.1, -0.05) is 12.1 Å². The largest absolute Gasteiger partial charge is 0.416 e. The van der Waals surface area contributed by atoms with Crippen LogP contribution in [-0.2, 0) is 15.8 Å². The number of nitrogens with two attached hydrogens (primary N) is 1. The summed E-state index contributed by atoms with van der Waals surface area (Å²) in [6.45, 7) is 3.25. The molecule has 1 aliphatic rings. The van der Waals surface area contributed by atoms with Gasteiger partial charge in [-0.15, -0.1) is 0 Å². The van der Waals surface area contributed by atoms with Gasteiger partial charge in [0.1, 0.15) is 0 Å². The topological polar surface area (TPSA) is 75.4 Å². The summed E-state index contributed by atoms with van der Waals surface area (Å²) in [6.07, 6.45) is -1.56. The zero-order valence-electron chi connectivity index (χ0n) is 14.5. The summed E-state index contributed by atoms with van der Waals surface area (Å²) in [7, 11) is 0. The smallest absolute Gasteiger partial charge is 0.369 e. The number of amides is 2. The summed E-state index contributed by atoms with van der Waals surface area (Å²) in [5.74, 6) is -0.654. The van der Waals surface area contributed by atoms with Crippen LogP contribution in [0.1, 0.15) is 30.9 Å². The number of rotatable bonds is 5. The molecule has 1 aromatic carbocycles. The SMILES string of the molecule is C/C(=C\C(=O)NC1CCN(CC(N)=O)CC1)c1ccc(C(F)(F)F)cc1. The van der Waals surface area contributed by atoms with Crippen LogP contribution in [0.15, 0.2) is 30.3 Å². The number of likely N-dealkylation sites (tertiary alicyclic amines) is 1. The maximum atomic E-state index is 12.6. The van der Waals surface area contributed by atoms with Crippen LogP contribution < -0.4 is 11.1 Å². The average Bonchev–Trinajstić information content (AvgIpc) is 2.55. The summed E-state index contributed by atoms with van der Waals surface area (Å²) >= 11 is 0. The maximum absolute atomic E-state index is 12.6. The molecule has 1 fully saturated rings. The Morgan fingerprint density at radius 3 is 2.31 bits per heavy atom. The quantitative estimate of drug-likeness (QED) is 0.781. The molecule has 0 bridgehead atoms. The molecule has 2 rings (SSSR count). The molecule has 0 radical (unpaired) electrons. The van der Waals surface area contributed by atoms with Gasteiger partial charge in [0, 0.05) is 25.2 Å². The van der Waals surface area contributed by atoms with Crippen molar-refractivity contribution in [1.82, 2.24) is 10.2 Å². The summed E-state index contributed by atoms with van der Waals surface area (Å²) in [4.78, 5) is 25.0. The molecule has 0 saturated carbocycles. The number of alkyl halides is 3. The number of benzene rings is 1. The predicted molar refractivity (Wildman–Crippen MR) is 91.9 cm³/mol. The molecule has 1 aliphatic heterocycles. The van der Waals surface area contributed by atoms with Crippen molar-refractivity contribution in [1.29, 1.82) is 0 Å². The Bertz CT molecular complexity index is 676. The molecule has 26 heavy (non-hydrogen) atoms. The maximum Gasteiger partial charge on any atom is 0.416 e. The normalized spacial score (nSPS) is 17.2. The molecule has 0 spiro atoms. The van der Waals surface area contributed by atoms with Gasteiger partial charge in [-0.3, -0.25) is 14.5 Å². The fraction of sp³-hybridized carbons (Fsp3) is 0.444. The van der Waals surface area contributed by atoms with Crippen LogP contribution >= 0.6 is 0 Å². The highest BCUT2D eigenvalue weighted by molar-refractivity contribution is 5.95. The van der Waals surface area contributed by atoms with Crippen LogP contribution in [0.5, 0.6) is 0 Å². The second-order valence-electron chi connectivity index (χ2n) is 6.43. The van der Waals surface area contributed by atoms with Crippen LogP contribution in [0.25, 0.3) is 5.57 Å². The highest BCUT2D eigenvalue weighted by atomic mass is 19.4. The Labute approximate surface area is 150 Å². The minimum atomic E-state index is -4.38. The number of allylic oxidation sites excluding steroid dienone is 1. The fourth-order valence-electron chi connectivity index (χ4n) is 2.90. The van der Waals surface area contributed by atoms with Gasteiger partial charge in [0.15, 0.2) is 0 Å². The number of carbonyl (C=O) groups is 2. The van der Waals surface area contributed by atoms with Crippen LogP contribution in [0.2, 0.25) is 0 Å². The molecule has 2 amide bonds. The van der Waals surface area contributed by atoms with Crippen molar-refractivity contribution in [2.75, 3.05) is 19.6 Å². The van der Waals surface area contributed by atoms with Gasteiger partial charge in [0.2, 0.25) is 11.8 Å². The third-order valence-corrected chi connectivity index (χ3v) is 4.33. The molecule has 8 heteroatoms. The van der Waals surface area contributed by atoms with Crippen LogP contribution in [0.4, 0.5) is 13.2 Å². The molecular formula is C18H22F3N3O2. The van der Waals surface area contributed by atoms with E-state index in [0.717, 1.165) is 12.1 Å². The second-order valence-corrected chi connectivity index (χ2v) is 6.43. The van der Waals surface area contributed by atoms with Crippen molar-refractivity contribution in [2.24, 2.45) is 5.73 Å². The predicted octanol–water partition coefficient (Wildman–Crippen LogP) is 2.17. The lowest BCUT2D eigenvalue weighted by Crippen LogP contribution is -2.46. The molecular weight excluding hydrogens is 347 g/mol. The monoisotopic (exact) mass is 369 g/mol. The summed E-state index contributed by atoms with van der Waals surface area (Å²) in [6, 6.07) is 4.70. The van der Waals surface area contributed by atoms with Crippen LogP contribution in [0.3, 0.4) is 0 Å². The van der Waals surface area contributed by atoms with Crippen molar-refractivity contribution < 1.29 is 22.8 Å². The van der Waals surface area contributed by atoms with E-state index in [1.807, 2.05) is 4.90 Å². The first-order chi connectivity index (χ1) is 12.1. The highest BCUT2D eigenvalue weighted by Gasteiger charge is 2.30. The third-order valence-electron chi connectivity index (χ3n) is 4.33. The lowest BCUT2D eigenvalue weighted by Gasteiger charge is -2.31. The minimum absolute atomic E-state index is 0.00304. The van der Waals surface area contributed by atoms with Crippen LogP contribution in [-0.4, -0.2) is 42.4 Å². The Balaban J connectivity index is 1.89. The van der Waals surface area contributed by atoms with Crippen molar-refractivity contribution in [2.45, 2.75) is 32.0 Å². The van der Waals surface area contributed by atoms with E-state index in [1.165, 1.54) is 18.2 Å². The second kappa shape index (κ2) is 8.35. The Hall–Kier alpha value is -2.35. The number of hydrogen-bond donors (Lipinski definition) is 2. The van der Waals surface area contributed by atoms with Gasteiger partial charge in [-0.2, -0.15) is 13.2 Å². The van der Waals surface area contributed by atoms with E-state index in [9.17, 15) is 22.8 Å². The van der Waals surface area contributed by atoms with Gasteiger partial charge in [0.25, 0.3) is 0 Å². The Morgan fingerprint density at radius 2 is 1.81 bits per heavy atom. The molecule has 1 heterocycles. The molecule has 0 aliphatic carbocycles. The van der Waals surface area contributed by atoms with Crippen molar-refractivity contribution in [3.05, 3.63) is 41.5 Å². The van der Waals surface area contributed by atoms with E-state index >= 15 is 0 Å². The first kappa shape index (κ1) is 20.0. The number of nitrogens with one attached hydrogen (secondary N) is 1. The Kier molecular flexibility index (Phi) is 6.42. The third kappa shape index (κ3) is 5.87.